The van der Waals surface area contributed by atoms with Gasteiger partial charge in [0.2, 0.25) is 0 Å². The summed E-state index contributed by atoms with van der Waals surface area (Å²) in [4.78, 5) is 5.83. The zero-order valence-corrected chi connectivity index (χ0v) is 19.8. The molecular weight excluding hydrogens is 340 g/mol. The third-order valence-electron chi connectivity index (χ3n) is 7.51. The van der Waals surface area contributed by atoms with Gasteiger partial charge in [-0.25, -0.2) is 0 Å². The molecule has 2 rings (SSSR count). The molecule has 0 amide bonds. The van der Waals surface area contributed by atoms with E-state index in [2.05, 4.69) is 30.6 Å². The highest BCUT2D eigenvalue weighted by molar-refractivity contribution is 4.78. The summed E-state index contributed by atoms with van der Waals surface area (Å²) in [5.74, 6) is 1.85. The zero-order chi connectivity index (χ0) is 20.0. The Kier molecular flexibility index (Phi) is 12.8. The molecule has 0 aromatic rings. The second-order valence-electron chi connectivity index (χ2n) is 10.2. The molecule has 2 atom stereocenters. The van der Waals surface area contributed by atoms with Crippen LogP contribution in [0.5, 0.6) is 0 Å². The quantitative estimate of drug-likeness (QED) is 0.356. The molecule has 28 heavy (non-hydrogen) atoms. The van der Waals surface area contributed by atoms with Crippen molar-refractivity contribution in [1.82, 2.24) is 9.80 Å². The van der Waals surface area contributed by atoms with Crippen LogP contribution >= 0.6 is 0 Å². The molecule has 2 fully saturated rings. The van der Waals surface area contributed by atoms with Crippen molar-refractivity contribution >= 4 is 0 Å². The topological polar surface area (TPSA) is 6.48 Å². The monoisotopic (exact) mass is 392 g/mol. The van der Waals surface area contributed by atoms with Gasteiger partial charge in [0.1, 0.15) is 0 Å². The van der Waals surface area contributed by atoms with Crippen LogP contribution in [0.3, 0.4) is 0 Å². The highest BCUT2D eigenvalue weighted by atomic mass is 15.3. The molecule has 2 unspecified atom stereocenters. The maximum atomic E-state index is 2.92. The second kappa shape index (κ2) is 14.8. The number of likely N-dealkylation sites (tertiary alicyclic amines) is 2. The third kappa shape index (κ3) is 9.61. The van der Waals surface area contributed by atoms with Crippen LogP contribution in [0.4, 0.5) is 0 Å². The maximum Gasteiger partial charge on any atom is 0.0622 e. The molecule has 0 radical (unpaired) electrons. The normalized spacial score (nSPS) is 27.5. The van der Waals surface area contributed by atoms with Crippen molar-refractivity contribution in [2.75, 3.05) is 26.2 Å². The number of hydrogen-bond acceptors (Lipinski definition) is 2. The SMILES string of the molecule is CCCCCCCCCC(N1CCCCC(C)CC1)N1CCCCC(C)CC1. The molecule has 0 aliphatic carbocycles. The molecule has 0 bridgehead atoms. The first-order valence-corrected chi connectivity index (χ1v) is 13.2. The second-order valence-corrected chi connectivity index (χ2v) is 10.2. The summed E-state index contributed by atoms with van der Waals surface area (Å²) in [6, 6.07) is 0. The van der Waals surface area contributed by atoms with E-state index in [0.29, 0.717) is 0 Å². The summed E-state index contributed by atoms with van der Waals surface area (Å²) in [5, 5.41) is 0. The summed E-state index contributed by atoms with van der Waals surface area (Å²) < 4.78 is 0. The fourth-order valence-electron chi connectivity index (χ4n) is 5.38. The van der Waals surface area contributed by atoms with E-state index in [1.807, 2.05) is 0 Å². The van der Waals surface area contributed by atoms with Gasteiger partial charge in [0.25, 0.3) is 0 Å². The predicted molar refractivity (Wildman–Crippen MR) is 125 cm³/mol. The van der Waals surface area contributed by atoms with Gasteiger partial charge in [0.15, 0.2) is 0 Å². The van der Waals surface area contributed by atoms with Gasteiger partial charge in [-0.05, 0) is 70.1 Å². The van der Waals surface area contributed by atoms with Gasteiger partial charge < -0.3 is 0 Å². The van der Waals surface area contributed by atoms with Gasteiger partial charge in [0.05, 0.1) is 6.17 Å². The number of unbranched alkanes of at least 4 members (excludes halogenated alkanes) is 6. The highest BCUT2D eigenvalue weighted by Gasteiger charge is 2.27. The van der Waals surface area contributed by atoms with Crippen LogP contribution in [-0.2, 0) is 0 Å². The van der Waals surface area contributed by atoms with E-state index in [1.165, 1.54) is 129 Å². The standard InChI is InChI=1S/C26H52N2/c1-4-5-6-7-8-9-10-17-26(27-20-13-11-15-24(2)18-22-27)28-21-14-12-16-25(3)19-23-28/h24-26H,4-23H2,1-3H3. The van der Waals surface area contributed by atoms with E-state index in [1.54, 1.807) is 0 Å². The van der Waals surface area contributed by atoms with Crippen LogP contribution in [-0.4, -0.2) is 42.1 Å². The van der Waals surface area contributed by atoms with Crippen molar-refractivity contribution in [1.29, 1.82) is 0 Å². The molecule has 0 aromatic heterocycles. The van der Waals surface area contributed by atoms with Crippen LogP contribution in [0.15, 0.2) is 0 Å². The molecule has 0 N–H and O–H groups in total. The first-order chi connectivity index (χ1) is 13.7. The lowest BCUT2D eigenvalue weighted by molar-refractivity contribution is 0.0168. The van der Waals surface area contributed by atoms with Gasteiger partial charge in [-0.1, -0.05) is 91.4 Å². The minimum absolute atomic E-state index is 0.728. The van der Waals surface area contributed by atoms with Gasteiger partial charge >= 0.3 is 0 Å². The van der Waals surface area contributed by atoms with Gasteiger partial charge in [-0.2, -0.15) is 0 Å². The van der Waals surface area contributed by atoms with Crippen molar-refractivity contribution in [3.05, 3.63) is 0 Å². The van der Waals surface area contributed by atoms with Gasteiger partial charge in [-0.3, -0.25) is 9.80 Å². The fraction of sp³-hybridized carbons (Fsp3) is 1.00. The highest BCUT2D eigenvalue weighted by Crippen LogP contribution is 2.25. The number of rotatable bonds is 10. The molecule has 0 saturated carbocycles. The van der Waals surface area contributed by atoms with Gasteiger partial charge in [0, 0.05) is 0 Å². The molecule has 2 aliphatic rings. The van der Waals surface area contributed by atoms with Crippen LogP contribution in [0.25, 0.3) is 0 Å². The summed E-state index contributed by atoms with van der Waals surface area (Å²) >= 11 is 0. The third-order valence-corrected chi connectivity index (χ3v) is 7.51. The Balaban J connectivity index is 1.89. The number of hydrogen-bond donors (Lipinski definition) is 0. The molecule has 0 aromatic carbocycles. The molecule has 166 valence electrons. The van der Waals surface area contributed by atoms with E-state index in [4.69, 9.17) is 0 Å². The molecule has 2 nitrogen and oxygen atoms in total. The smallest absolute Gasteiger partial charge is 0.0622 e. The van der Waals surface area contributed by atoms with E-state index in [0.717, 1.165) is 18.0 Å². The molecular formula is C26H52N2. The first kappa shape index (κ1) is 24.2. The Morgan fingerprint density at radius 3 is 1.64 bits per heavy atom. The fourth-order valence-corrected chi connectivity index (χ4v) is 5.38. The average molecular weight is 393 g/mol. The molecule has 2 aliphatic heterocycles. The molecule has 2 saturated heterocycles. The number of nitrogens with zero attached hydrogens (tertiary/aromatic N) is 2. The van der Waals surface area contributed by atoms with Crippen LogP contribution in [0.1, 0.15) is 124 Å². The first-order valence-electron chi connectivity index (χ1n) is 13.2. The average Bonchev–Trinajstić information content (AvgIpc) is 2.66. The zero-order valence-electron chi connectivity index (χ0n) is 19.8. The minimum atomic E-state index is 0.728. The summed E-state index contributed by atoms with van der Waals surface area (Å²) in [6.45, 7) is 12.7. The van der Waals surface area contributed by atoms with Crippen molar-refractivity contribution < 1.29 is 0 Å². The molecule has 2 heterocycles. The van der Waals surface area contributed by atoms with E-state index < -0.39 is 0 Å². The van der Waals surface area contributed by atoms with E-state index in [-0.39, 0.29) is 0 Å². The van der Waals surface area contributed by atoms with Crippen LogP contribution < -0.4 is 0 Å². The van der Waals surface area contributed by atoms with Crippen molar-refractivity contribution in [2.24, 2.45) is 11.8 Å². The largest absolute Gasteiger partial charge is 0.288 e. The summed E-state index contributed by atoms with van der Waals surface area (Å²) in [6.07, 6.45) is 23.7. The molecule has 0 spiro atoms. The van der Waals surface area contributed by atoms with Crippen molar-refractivity contribution in [3.8, 4) is 0 Å². The van der Waals surface area contributed by atoms with Crippen LogP contribution in [0, 0.1) is 11.8 Å². The predicted octanol–water partition coefficient (Wildman–Crippen LogP) is 7.48. The minimum Gasteiger partial charge on any atom is -0.288 e. The summed E-state index contributed by atoms with van der Waals surface area (Å²) in [5.41, 5.74) is 0. The van der Waals surface area contributed by atoms with Crippen LogP contribution in [0.2, 0.25) is 0 Å². The summed E-state index contributed by atoms with van der Waals surface area (Å²) in [7, 11) is 0. The van der Waals surface area contributed by atoms with E-state index >= 15 is 0 Å². The van der Waals surface area contributed by atoms with Crippen molar-refractivity contribution in [3.63, 3.8) is 0 Å². The lowest BCUT2D eigenvalue weighted by Crippen LogP contribution is -2.51. The molecule has 2 heteroatoms. The Morgan fingerprint density at radius 2 is 1.11 bits per heavy atom. The Morgan fingerprint density at radius 1 is 0.607 bits per heavy atom. The Hall–Kier alpha value is -0.0800. The lowest BCUT2D eigenvalue weighted by Gasteiger charge is -2.42. The Labute approximate surface area is 177 Å². The Bertz CT molecular complexity index is 343. The maximum absolute atomic E-state index is 2.92. The van der Waals surface area contributed by atoms with Crippen molar-refractivity contribution in [2.45, 2.75) is 130 Å². The lowest BCUT2D eigenvalue weighted by atomic mass is 9.95. The van der Waals surface area contributed by atoms with E-state index in [9.17, 15) is 0 Å². The van der Waals surface area contributed by atoms with Gasteiger partial charge in [-0.15, -0.1) is 0 Å².